The first-order valence-electron chi connectivity index (χ1n) is 8.86. The summed E-state index contributed by atoms with van der Waals surface area (Å²) in [5.41, 5.74) is 0.801. The van der Waals surface area contributed by atoms with Crippen LogP contribution in [0.25, 0.3) is 0 Å². The Kier molecular flexibility index (Phi) is 7.17. The quantitative estimate of drug-likeness (QED) is 0.526. The SMILES string of the molecule is CC(C)(C)OC(=O)Nc1ccc(CCNC(=O)c2cc([N+](=O)[O-])ccc2Cl)cc1. The maximum absolute atomic E-state index is 12.2. The van der Waals surface area contributed by atoms with Gasteiger partial charge in [-0.15, -0.1) is 0 Å². The molecule has 2 aromatic carbocycles. The van der Waals surface area contributed by atoms with Gasteiger partial charge < -0.3 is 10.1 Å². The van der Waals surface area contributed by atoms with Gasteiger partial charge in [-0.2, -0.15) is 0 Å². The van der Waals surface area contributed by atoms with Crippen LogP contribution in [0.3, 0.4) is 0 Å². The van der Waals surface area contributed by atoms with E-state index in [4.69, 9.17) is 16.3 Å². The third kappa shape index (κ3) is 7.08. The van der Waals surface area contributed by atoms with Gasteiger partial charge in [0.15, 0.2) is 0 Å². The molecule has 0 bridgehead atoms. The standard InChI is InChI=1S/C20H22ClN3O5/c1-20(2,3)29-19(26)23-14-6-4-13(5-7-14)10-11-22-18(25)16-12-15(24(27)28)8-9-17(16)21/h4-9,12H,10-11H2,1-3H3,(H,22,25)(H,23,26). The van der Waals surface area contributed by atoms with E-state index in [-0.39, 0.29) is 16.3 Å². The number of nitrogens with zero attached hydrogens (tertiary/aromatic N) is 1. The number of hydrogen-bond donors (Lipinski definition) is 2. The van der Waals surface area contributed by atoms with E-state index in [1.807, 2.05) is 12.1 Å². The van der Waals surface area contributed by atoms with Crippen molar-refractivity contribution in [2.75, 3.05) is 11.9 Å². The van der Waals surface area contributed by atoms with E-state index in [0.29, 0.717) is 18.7 Å². The van der Waals surface area contributed by atoms with Gasteiger partial charge in [-0.25, -0.2) is 4.79 Å². The number of ether oxygens (including phenoxy) is 1. The summed E-state index contributed by atoms with van der Waals surface area (Å²) in [5.74, 6) is -0.484. The monoisotopic (exact) mass is 419 g/mol. The zero-order valence-electron chi connectivity index (χ0n) is 16.3. The zero-order chi connectivity index (χ0) is 21.6. The van der Waals surface area contributed by atoms with Crippen LogP contribution in [0.15, 0.2) is 42.5 Å². The minimum Gasteiger partial charge on any atom is -0.444 e. The molecule has 0 radical (unpaired) electrons. The predicted molar refractivity (Wildman–Crippen MR) is 110 cm³/mol. The van der Waals surface area contributed by atoms with Crippen molar-refractivity contribution < 1.29 is 19.2 Å². The summed E-state index contributed by atoms with van der Waals surface area (Å²) in [6.07, 6.45) is -0.00305. The Bertz CT molecular complexity index is 907. The highest BCUT2D eigenvalue weighted by Gasteiger charge is 2.17. The van der Waals surface area contributed by atoms with Crippen LogP contribution in [-0.2, 0) is 11.2 Å². The van der Waals surface area contributed by atoms with Crippen molar-refractivity contribution in [3.63, 3.8) is 0 Å². The fourth-order valence-electron chi connectivity index (χ4n) is 2.39. The molecule has 8 nitrogen and oxygen atoms in total. The lowest BCUT2D eigenvalue weighted by Crippen LogP contribution is -2.27. The third-order valence-electron chi connectivity index (χ3n) is 3.70. The molecule has 0 aliphatic rings. The Hall–Kier alpha value is -3.13. The van der Waals surface area contributed by atoms with Gasteiger partial charge in [0, 0.05) is 24.4 Å². The topological polar surface area (TPSA) is 111 Å². The molecule has 0 aliphatic carbocycles. The first kappa shape index (κ1) is 22.2. The average molecular weight is 420 g/mol. The lowest BCUT2D eigenvalue weighted by molar-refractivity contribution is -0.384. The van der Waals surface area contributed by atoms with E-state index in [9.17, 15) is 19.7 Å². The molecular weight excluding hydrogens is 398 g/mol. The molecule has 29 heavy (non-hydrogen) atoms. The molecule has 9 heteroatoms. The van der Waals surface area contributed by atoms with Gasteiger partial charge in [0.2, 0.25) is 0 Å². The van der Waals surface area contributed by atoms with Gasteiger partial charge in [-0.05, 0) is 51.0 Å². The van der Waals surface area contributed by atoms with Crippen molar-refractivity contribution in [1.82, 2.24) is 5.32 Å². The van der Waals surface area contributed by atoms with E-state index >= 15 is 0 Å². The molecule has 2 aromatic rings. The molecule has 0 saturated carbocycles. The molecule has 2 amide bonds. The maximum Gasteiger partial charge on any atom is 0.412 e. The number of halogens is 1. The number of hydrogen-bond acceptors (Lipinski definition) is 5. The smallest absolute Gasteiger partial charge is 0.412 e. The number of amides is 2. The molecule has 2 N–H and O–H groups in total. The van der Waals surface area contributed by atoms with Crippen LogP contribution in [0.1, 0.15) is 36.7 Å². The molecule has 154 valence electrons. The van der Waals surface area contributed by atoms with Crippen LogP contribution in [0, 0.1) is 10.1 Å². The van der Waals surface area contributed by atoms with Gasteiger partial charge in [0.05, 0.1) is 15.5 Å². The first-order chi connectivity index (χ1) is 13.5. The number of nitro benzene ring substituents is 1. The number of carbonyl (C=O) groups excluding carboxylic acids is 2. The van der Waals surface area contributed by atoms with Crippen LogP contribution in [0.4, 0.5) is 16.2 Å². The number of anilines is 1. The van der Waals surface area contributed by atoms with Crippen LogP contribution in [0.5, 0.6) is 0 Å². The lowest BCUT2D eigenvalue weighted by atomic mass is 10.1. The molecule has 0 aromatic heterocycles. The second-order valence-electron chi connectivity index (χ2n) is 7.25. The second-order valence-corrected chi connectivity index (χ2v) is 7.66. The first-order valence-corrected chi connectivity index (χ1v) is 9.24. The molecule has 0 fully saturated rings. The largest absolute Gasteiger partial charge is 0.444 e. The fraction of sp³-hybridized carbons (Fsp3) is 0.300. The second kappa shape index (κ2) is 9.38. The van der Waals surface area contributed by atoms with E-state index in [0.717, 1.165) is 11.6 Å². The number of nitrogens with one attached hydrogen (secondary N) is 2. The molecule has 0 spiro atoms. The number of nitro groups is 1. The average Bonchev–Trinajstić information content (AvgIpc) is 2.61. The molecule has 2 rings (SSSR count). The van der Waals surface area contributed by atoms with Crippen molar-refractivity contribution in [2.45, 2.75) is 32.8 Å². The Morgan fingerprint density at radius 3 is 2.38 bits per heavy atom. The van der Waals surface area contributed by atoms with Crippen LogP contribution in [-0.4, -0.2) is 29.1 Å². The molecule has 0 heterocycles. The van der Waals surface area contributed by atoms with Gasteiger partial charge in [-0.1, -0.05) is 23.7 Å². The minimum atomic E-state index is -0.583. The van der Waals surface area contributed by atoms with Crippen molar-refractivity contribution in [2.24, 2.45) is 0 Å². The van der Waals surface area contributed by atoms with Crippen LogP contribution in [0.2, 0.25) is 5.02 Å². The van der Waals surface area contributed by atoms with Gasteiger partial charge in [0.25, 0.3) is 11.6 Å². The molecule has 0 aliphatic heterocycles. The summed E-state index contributed by atoms with van der Waals surface area (Å²) < 4.78 is 5.19. The van der Waals surface area contributed by atoms with Gasteiger partial charge in [-0.3, -0.25) is 20.2 Å². The predicted octanol–water partition coefficient (Wildman–Crippen LogP) is 4.57. The van der Waals surface area contributed by atoms with Crippen molar-refractivity contribution in [3.8, 4) is 0 Å². The minimum absolute atomic E-state index is 0.0535. The summed E-state index contributed by atoms with van der Waals surface area (Å²) in [6.45, 7) is 5.66. The molecule has 0 atom stereocenters. The van der Waals surface area contributed by atoms with Crippen molar-refractivity contribution in [3.05, 3.63) is 68.7 Å². The van der Waals surface area contributed by atoms with Gasteiger partial charge in [0.1, 0.15) is 5.60 Å². The Labute approximate surface area is 173 Å². The lowest BCUT2D eigenvalue weighted by Gasteiger charge is -2.19. The maximum atomic E-state index is 12.2. The molecule has 0 unspecified atom stereocenters. The summed E-state index contributed by atoms with van der Waals surface area (Å²) in [5, 5.41) is 16.3. The van der Waals surface area contributed by atoms with E-state index in [2.05, 4.69) is 10.6 Å². The molecular formula is C20H22ClN3O5. The number of rotatable bonds is 6. The number of non-ortho nitro benzene ring substituents is 1. The highest BCUT2D eigenvalue weighted by molar-refractivity contribution is 6.33. The van der Waals surface area contributed by atoms with Gasteiger partial charge >= 0.3 is 6.09 Å². The van der Waals surface area contributed by atoms with E-state index < -0.39 is 22.5 Å². The van der Waals surface area contributed by atoms with Crippen LogP contribution < -0.4 is 10.6 Å². The number of carbonyl (C=O) groups is 2. The third-order valence-corrected chi connectivity index (χ3v) is 4.03. The highest BCUT2D eigenvalue weighted by atomic mass is 35.5. The number of benzene rings is 2. The zero-order valence-corrected chi connectivity index (χ0v) is 17.1. The van der Waals surface area contributed by atoms with E-state index in [1.165, 1.54) is 12.1 Å². The van der Waals surface area contributed by atoms with E-state index in [1.54, 1.807) is 32.9 Å². The Morgan fingerprint density at radius 2 is 1.79 bits per heavy atom. The highest BCUT2D eigenvalue weighted by Crippen LogP contribution is 2.22. The van der Waals surface area contributed by atoms with Crippen molar-refractivity contribution in [1.29, 1.82) is 0 Å². The van der Waals surface area contributed by atoms with Crippen molar-refractivity contribution >= 4 is 35.0 Å². The normalized spacial score (nSPS) is 10.9. The molecule has 0 saturated heterocycles. The summed E-state index contributed by atoms with van der Waals surface area (Å²) >= 11 is 5.96. The Morgan fingerprint density at radius 1 is 1.14 bits per heavy atom. The summed E-state index contributed by atoms with van der Waals surface area (Å²) in [4.78, 5) is 34.3. The Balaban J connectivity index is 1.88. The summed E-state index contributed by atoms with van der Waals surface area (Å²) in [7, 11) is 0. The fourth-order valence-corrected chi connectivity index (χ4v) is 2.60. The summed E-state index contributed by atoms with van der Waals surface area (Å²) in [6, 6.07) is 10.8. The van der Waals surface area contributed by atoms with Crippen LogP contribution >= 0.6 is 11.6 Å².